The van der Waals surface area contributed by atoms with Crippen molar-refractivity contribution < 1.29 is 0 Å². The molecule has 70 valence electrons. The molecule has 0 heterocycles. The van der Waals surface area contributed by atoms with E-state index in [1.807, 2.05) is 0 Å². The first-order valence-electron chi connectivity index (χ1n) is 4.86. The molecule has 2 unspecified atom stereocenters. The van der Waals surface area contributed by atoms with E-state index in [2.05, 4.69) is 32.0 Å². The van der Waals surface area contributed by atoms with Crippen LogP contribution >= 0.6 is 11.6 Å². The van der Waals surface area contributed by atoms with Crippen molar-refractivity contribution in [2.45, 2.75) is 26.2 Å². The Bertz CT molecular complexity index is 317. The maximum absolute atomic E-state index is 5.84. The molecule has 1 heteroatoms. The van der Waals surface area contributed by atoms with E-state index in [0.717, 1.165) is 17.7 Å². The molecule has 0 spiro atoms. The fourth-order valence-electron chi connectivity index (χ4n) is 1.97. The molecule has 0 bridgehead atoms. The highest BCUT2D eigenvalue weighted by Gasteiger charge is 2.38. The van der Waals surface area contributed by atoms with Crippen molar-refractivity contribution in [1.82, 2.24) is 0 Å². The average Bonchev–Trinajstić information content (AvgIpc) is 2.89. The zero-order chi connectivity index (χ0) is 9.42. The SMILES string of the molecule is Cc1cccc(C2CC2CCl)c1C. The van der Waals surface area contributed by atoms with Crippen molar-refractivity contribution in [2.24, 2.45) is 5.92 Å². The van der Waals surface area contributed by atoms with Crippen LogP contribution in [0.4, 0.5) is 0 Å². The molecular formula is C12H15Cl. The number of halogens is 1. The Hall–Kier alpha value is -0.490. The van der Waals surface area contributed by atoms with E-state index in [1.165, 1.54) is 23.1 Å². The first-order valence-corrected chi connectivity index (χ1v) is 5.39. The summed E-state index contributed by atoms with van der Waals surface area (Å²) in [5.74, 6) is 2.30. The van der Waals surface area contributed by atoms with E-state index >= 15 is 0 Å². The predicted molar refractivity (Wildman–Crippen MR) is 57.5 cm³/mol. The summed E-state index contributed by atoms with van der Waals surface area (Å²) in [6, 6.07) is 6.58. The molecule has 0 aliphatic heterocycles. The van der Waals surface area contributed by atoms with Gasteiger partial charge in [0.05, 0.1) is 0 Å². The van der Waals surface area contributed by atoms with Crippen LogP contribution in [0.2, 0.25) is 0 Å². The first-order chi connectivity index (χ1) is 6.24. The first kappa shape index (κ1) is 9.08. The summed E-state index contributed by atoms with van der Waals surface area (Å²) in [6.07, 6.45) is 1.29. The Morgan fingerprint density at radius 2 is 2.15 bits per heavy atom. The van der Waals surface area contributed by atoms with Crippen LogP contribution in [-0.4, -0.2) is 5.88 Å². The molecule has 1 saturated carbocycles. The normalized spacial score (nSPS) is 26.1. The third-order valence-corrected chi connectivity index (χ3v) is 3.56. The number of alkyl halides is 1. The lowest BCUT2D eigenvalue weighted by Crippen LogP contribution is -1.91. The molecule has 0 saturated heterocycles. The zero-order valence-electron chi connectivity index (χ0n) is 8.18. The van der Waals surface area contributed by atoms with Crippen LogP contribution in [0, 0.1) is 19.8 Å². The largest absolute Gasteiger partial charge is 0.126 e. The predicted octanol–water partition coefficient (Wildman–Crippen LogP) is 3.65. The standard InChI is InChI=1S/C12H15Cl/c1-8-4-3-5-11(9(8)2)12-6-10(12)7-13/h3-5,10,12H,6-7H2,1-2H3. The van der Waals surface area contributed by atoms with Gasteiger partial charge in [-0.2, -0.15) is 0 Å². The molecule has 0 nitrogen and oxygen atoms in total. The summed E-state index contributed by atoms with van der Waals surface area (Å²) in [5, 5.41) is 0. The van der Waals surface area contributed by atoms with E-state index in [4.69, 9.17) is 11.6 Å². The van der Waals surface area contributed by atoms with Crippen molar-refractivity contribution in [3.8, 4) is 0 Å². The van der Waals surface area contributed by atoms with Crippen molar-refractivity contribution in [1.29, 1.82) is 0 Å². The third kappa shape index (κ3) is 1.60. The minimum absolute atomic E-state index is 0.738. The van der Waals surface area contributed by atoms with Gasteiger partial charge in [0.2, 0.25) is 0 Å². The lowest BCUT2D eigenvalue weighted by Gasteiger charge is -2.07. The van der Waals surface area contributed by atoms with Gasteiger partial charge in [-0.3, -0.25) is 0 Å². The minimum atomic E-state index is 0.738. The Morgan fingerprint density at radius 1 is 1.38 bits per heavy atom. The van der Waals surface area contributed by atoms with Crippen LogP contribution in [-0.2, 0) is 0 Å². The summed E-state index contributed by atoms with van der Waals surface area (Å²) in [7, 11) is 0. The summed E-state index contributed by atoms with van der Waals surface area (Å²) >= 11 is 5.84. The molecule has 13 heavy (non-hydrogen) atoms. The van der Waals surface area contributed by atoms with Gasteiger partial charge in [-0.05, 0) is 48.8 Å². The topological polar surface area (TPSA) is 0 Å². The lowest BCUT2D eigenvalue weighted by atomic mass is 9.99. The van der Waals surface area contributed by atoms with Gasteiger partial charge in [-0.1, -0.05) is 18.2 Å². The molecule has 2 atom stereocenters. The van der Waals surface area contributed by atoms with E-state index in [0.29, 0.717) is 0 Å². The summed E-state index contributed by atoms with van der Waals surface area (Å²) < 4.78 is 0. The van der Waals surface area contributed by atoms with E-state index in [9.17, 15) is 0 Å². The highest BCUT2D eigenvalue weighted by molar-refractivity contribution is 6.18. The van der Waals surface area contributed by atoms with Crippen LogP contribution in [0.5, 0.6) is 0 Å². The van der Waals surface area contributed by atoms with Crippen LogP contribution < -0.4 is 0 Å². The van der Waals surface area contributed by atoms with Crippen LogP contribution in [0.25, 0.3) is 0 Å². The van der Waals surface area contributed by atoms with Gasteiger partial charge in [0.1, 0.15) is 0 Å². The van der Waals surface area contributed by atoms with Crippen molar-refractivity contribution in [3.05, 3.63) is 34.9 Å². The smallest absolute Gasteiger partial charge is 0.0257 e. The van der Waals surface area contributed by atoms with E-state index < -0.39 is 0 Å². The van der Waals surface area contributed by atoms with Gasteiger partial charge in [0, 0.05) is 5.88 Å². The summed E-state index contributed by atoms with van der Waals surface area (Å²) in [6.45, 7) is 4.39. The Balaban J connectivity index is 2.27. The van der Waals surface area contributed by atoms with Crippen molar-refractivity contribution in [2.75, 3.05) is 5.88 Å². The second-order valence-corrected chi connectivity index (χ2v) is 4.35. The number of hydrogen-bond acceptors (Lipinski definition) is 0. The molecule has 1 aliphatic rings. The van der Waals surface area contributed by atoms with Gasteiger partial charge in [-0.25, -0.2) is 0 Å². The number of rotatable bonds is 2. The second kappa shape index (κ2) is 3.34. The maximum Gasteiger partial charge on any atom is 0.0257 e. The van der Waals surface area contributed by atoms with Crippen LogP contribution in [0.15, 0.2) is 18.2 Å². The van der Waals surface area contributed by atoms with Crippen LogP contribution in [0.3, 0.4) is 0 Å². The minimum Gasteiger partial charge on any atom is -0.126 e. The van der Waals surface area contributed by atoms with E-state index in [-0.39, 0.29) is 0 Å². The summed E-state index contributed by atoms with van der Waals surface area (Å²) in [4.78, 5) is 0. The molecule has 1 fully saturated rings. The molecule has 0 N–H and O–H groups in total. The third-order valence-electron chi connectivity index (χ3n) is 3.17. The van der Waals surface area contributed by atoms with Gasteiger partial charge in [0.25, 0.3) is 0 Å². The summed E-state index contributed by atoms with van der Waals surface area (Å²) in [5.41, 5.74) is 4.38. The second-order valence-electron chi connectivity index (χ2n) is 4.05. The molecule has 2 rings (SSSR count). The number of benzene rings is 1. The Morgan fingerprint density at radius 3 is 2.77 bits per heavy atom. The average molecular weight is 195 g/mol. The van der Waals surface area contributed by atoms with Crippen LogP contribution in [0.1, 0.15) is 29.0 Å². The van der Waals surface area contributed by atoms with Gasteiger partial charge >= 0.3 is 0 Å². The van der Waals surface area contributed by atoms with Gasteiger partial charge in [0.15, 0.2) is 0 Å². The molecule has 1 aliphatic carbocycles. The molecule has 0 aromatic heterocycles. The van der Waals surface area contributed by atoms with Crippen molar-refractivity contribution >= 4 is 11.6 Å². The monoisotopic (exact) mass is 194 g/mol. The maximum atomic E-state index is 5.84. The number of hydrogen-bond donors (Lipinski definition) is 0. The van der Waals surface area contributed by atoms with Gasteiger partial charge < -0.3 is 0 Å². The fraction of sp³-hybridized carbons (Fsp3) is 0.500. The highest BCUT2D eigenvalue weighted by Crippen LogP contribution is 2.49. The lowest BCUT2D eigenvalue weighted by molar-refractivity contribution is 0.914. The molecule has 1 aromatic carbocycles. The molecule has 0 amide bonds. The molecule has 1 aromatic rings. The quantitative estimate of drug-likeness (QED) is 0.631. The van der Waals surface area contributed by atoms with Gasteiger partial charge in [-0.15, -0.1) is 11.6 Å². The van der Waals surface area contributed by atoms with E-state index in [1.54, 1.807) is 0 Å². The Labute approximate surface area is 84.9 Å². The number of aryl methyl sites for hydroxylation is 1. The molecule has 0 radical (unpaired) electrons. The fourth-order valence-corrected chi connectivity index (χ4v) is 2.32. The zero-order valence-corrected chi connectivity index (χ0v) is 8.93. The highest BCUT2D eigenvalue weighted by atomic mass is 35.5. The Kier molecular flexibility index (Phi) is 2.33. The molecular weight excluding hydrogens is 180 g/mol. The van der Waals surface area contributed by atoms with Crippen molar-refractivity contribution in [3.63, 3.8) is 0 Å².